The molecule has 33 nitrogen and oxygen atoms in total. The number of hydrogen-bond donors (Lipinski definition) is 13. The number of nitrogens with one attached hydrogen (secondary N) is 8. The summed E-state index contributed by atoms with van der Waals surface area (Å²) in [7, 11) is 5.14. The number of anilines is 3. The second kappa shape index (κ2) is 49.6. The summed E-state index contributed by atoms with van der Waals surface area (Å²) in [4.78, 5) is 157. The zero-order valence-electron chi connectivity index (χ0n) is 61.0. The molecule has 0 radical (unpaired) electrons. The van der Waals surface area contributed by atoms with Gasteiger partial charge in [-0.05, 0) is 92.3 Å². The number of aromatic hydroxyl groups is 3. The summed E-state index contributed by atoms with van der Waals surface area (Å²) in [6.45, 7) is 12.4. The fraction of sp³-hybridized carbons (Fsp3) is 0.486. The number of carbonyl (C=O) groups excluding carboxylic acids is 13. The number of ether oxygens (including phenoxy) is 7. The summed E-state index contributed by atoms with van der Waals surface area (Å²) < 4.78 is 34.4. The Morgan fingerprint density at radius 2 is 0.876 bits per heavy atom. The van der Waals surface area contributed by atoms with E-state index in [1.54, 1.807) is 46.9 Å². The number of phenols is 3. The number of rotatable bonds is 42. The normalized spacial score (nSPS) is 12.0. The molecule has 0 spiro atoms. The van der Waals surface area contributed by atoms with Crippen LogP contribution in [-0.2, 0) is 73.3 Å². The fourth-order valence-electron chi connectivity index (χ4n) is 9.78. The fourth-order valence-corrected chi connectivity index (χ4v) is 9.78. The standard InChI is InChI=1S/C28H36N4O8.C27H42N4O10.C17H24N2O5/c1-17(2)24(32-28(38)40-16-18-8-5-4-6-9-18)23(34)14-19(10-7-13-30-27(29)37)25(35)31-20-11-12-21(22(33)15-20)26(36)39-3;1-17(2)24(31-23(34)16-41-13-12-40-11-10-38-3)22(33)14-18(6-5-9-29-27(28)37)25(35)30-19-7-8-20(21(32)15-19)26(36)39-4;1-11(6-4-5-9-18-12(2)20)16(22)19-13-7-8-14(15(21)10-13)17(23)24-3/h4-6,8-9,11-12,15,17,19,24,33H,7,10,13-14,16H2,1-3H3,(H,31,35)(H,32,38)(H3,29,30,37);7-8,15,17-18,24,32H,5-6,9-14,16H2,1-4H3,(H,30,35)(H,31,34)(H3,28,29,37);7-8,10-11,21H,4-6,9H2,1-3H3,(H,18,20)(H,19,22)/t19-,24+;18-,24+;11-/m110/s1. The summed E-state index contributed by atoms with van der Waals surface area (Å²) in [5.74, 6) is -8.08. The molecule has 105 heavy (non-hydrogen) atoms. The minimum atomic E-state index is -0.911. The number of ketones is 2. The highest BCUT2D eigenvalue weighted by atomic mass is 16.6. The van der Waals surface area contributed by atoms with Crippen molar-refractivity contribution in [1.29, 1.82) is 0 Å². The van der Waals surface area contributed by atoms with Crippen LogP contribution in [0.15, 0.2) is 84.9 Å². The van der Waals surface area contributed by atoms with Gasteiger partial charge in [0.05, 0.1) is 59.8 Å². The van der Waals surface area contributed by atoms with Crippen LogP contribution in [-0.4, -0.2) is 186 Å². The number of Topliss-reactive ketones (excluding diaryl/α,β-unsaturated/α-hetero) is 2. The first kappa shape index (κ1) is 90.2. The van der Waals surface area contributed by atoms with E-state index in [2.05, 4.69) is 56.7 Å². The van der Waals surface area contributed by atoms with Crippen molar-refractivity contribution < 1.29 is 111 Å². The highest BCUT2D eigenvalue weighted by Crippen LogP contribution is 2.28. The highest BCUT2D eigenvalue weighted by molar-refractivity contribution is 6.01. The molecule has 4 aromatic carbocycles. The first-order chi connectivity index (χ1) is 49.8. The Labute approximate surface area is 609 Å². The van der Waals surface area contributed by atoms with E-state index >= 15 is 0 Å². The van der Waals surface area contributed by atoms with Gasteiger partial charge in [-0.1, -0.05) is 71.4 Å². The van der Waals surface area contributed by atoms with Gasteiger partial charge in [0, 0.05) is 99.5 Å². The van der Waals surface area contributed by atoms with Crippen LogP contribution in [0.1, 0.15) is 136 Å². The quantitative estimate of drug-likeness (QED) is 0.0135. The number of hydrogen-bond acceptors (Lipinski definition) is 23. The van der Waals surface area contributed by atoms with E-state index in [-0.39, 0.29) is 152 Å². The Hall–Kier alpha value is -10.9. The average molecular weight is 1480 g/mol. The molecule has 0 fully saturated rings. The predicted octanol–water partition coefficient (Wildman–Crippen LogP) is 6.11. The average Bonchev–Trinajstić information content (AvgIpc) is 0.856. The van der Waals surface area contributed by atoms with Gasteiger partial charge in [-0.2, -0.15) is 0 Å². The summed E-state index contributed by atoms with van der Waals surface area (Å²) in [6.07, 6.45) is 2.28. The maximum Gasteiger partial charge on any atom is 0.408 e. The molecule has 15 N–H and O–H groups in total. The lowest BCUT2D eigenvalue weighted by atomic mass is 9.89. The molecule has 0 heterocycles. The smallest absolute Gasteiger partial charge is 0.408 e. The SMILES string of the molecule is COC(=O)c1ccc(NC(=O)[C@@H](C)CCCCNC(C)=O)cc1O.COC(=O)c1ccc(NC(=O)[C@H](CCCNC(N)=O)CC(=O)[C@@H](NC(=O)OCc2ccccc2)C(C)C)cc1O.COCCOCCOCC(=O)N[C@H](C(=O)C[C@@H](CCCNC(N)=O)C(=O)Nc1ccc(C(=O)OC)c(O)c1)C(C)C. The van der Waals surface area contributed by atoms with Crippen molar-refractivity contribution in [3.05, 3.63) is 107 Å². The van der Waals surface area contributed by atoms with Crippen LogP contribution in [0, 0.1) is 29.6 Å². The van der Waals surface area contributed by atoms with Crippen molar-refractivity contribution in [2.45, 2.75) is 118 Å². The molecule has 0 aliphatic heterocycles. The zero-order chi connectivity index (χ0) is 78.6. The van der Waals surface area contributed by atoms with Crippen molar-refractivity contribution in [3.8, 4) is 17.2 Å². The molecule has 578 valence electrons. The third-order valence-corrected chi connectivity index (χ3v) is 15.5. The van der Waals surface area contributed by atoms with Gasteiger partial charge in [0.15, 0.2) is 11.6 Å². The molecular weight excluding hydrogens is 1370 g/mol. The van der Waals surface area contributed by atoms with E-state index in [1.165, 1.54) is 82.9 Å². The van der Waals surface area contributed by atoms with E-state index < -0.39 is 77.7 Å². The van der Waals surface area contributed by atoms with Crippen molar-refractivity contribution in [3.63, 3.8) is 0 Å². The number of alkyl carbamates (subject to hydrolysis) is 1. The second-order valence-corrected chi connectivity index (χ2v) is 24.5. The number of unbranched alkanes of at least 4 members (excludes halogenated alkanes) is 1. The third-order valence-electron chi connectivity index (χ3n) is 15.5. The van der Waals surface area contributed by atoms with Gasteiger partial charge in [0.25, 0.3) is 0 Å². The van der Waals surface area contributed by atoms with Crippen molar-refractivity contribution >= 4 is 94.2 Å². The molecule has 0 saturated heterocycles. The topological polar surface area (TPSA) is 495 Å². The Balaban J connectivity index is 0.000000554. The van der Waals surface area contributed by atoms with Crippen LogP contribution in [0.5, 0.6) is 17.2 Å². The maximum absolute atomic E-state index is 13.3. The molecule has 5 atom stereocenters. The van der Waals surface area contributed by atoms with Gasteiger partial charge >= 0.3 is 36.1 Å². The van der Waals surface area contributed by atoms with Crippen LogP contribution in [0.25, 0.3) is 0 Å². The lowest BCUT2D eigenvalue weighted by Gasteiger charge is -2.24. The number of nitrogens with two attached hydrogens (primary N) is 2. The molecule has 0 unspecified atom stereocenters. The van der Waals surface area contributed by atoms with Gasteiger partial charge < -0.3 is 102 Å². The Morgan fingerprint density at radius 1 is 0.467 bits per heavy atom. The minimum absolute atomic E-state index is 0.0329. The first-order valence-electron chi connectivity index (χ1n) is 33.8. The molecule has 4 aromatic rings. The lowest BCUT2D eigenvalue weighted by Crippen LogP contribution is -2.47. The molecular formula is C72H102N10O23. The number of esters is 3. The number of carbonyl (C=O) groups is 13. The van der Waals surface area contributed by atoms with E-state index in [9.17, 15) is 77.6 Å². The summed E-state index contributed by atoms with van der Waals surface area (Å²) in [5, 5.41) is 50.9. The van der Waals surface area contributed by atoms with Crippen LogP contribution in [0.2, 0.25) is 0 Å². The second-order valence-electron chi connectivity index (χ2n) is 24.5. The molecule has 4 rings (SSSR count). The Kier molecular flexibility index (Phi) is 42.6. The molecule has 33 heteroatoms. The predicted molar refractivity (Wildman–Crippen MR) is 384 cm³/mol. The molecule has 0 aromatic heterocycles. The Morgan fingerprint density at radius 3 is 1.28 bits per heavy atom. The van der Waals surface area contributed by atoms with E-state index in [4.69, 9.17) is 30.4 Å². The highest BCUT2D eigenvalue weighted by Gasteiger charge is 2.32. The van der Waals surface area contributed by atoms with Crippen molar-refractivity contribution in [2.75, 3.05) is 97.1 Å². The van der Waals surface area contributed by atoms with Crippen molar-refractivity contribution in [2.24, 2.45) is 41.1 Å². The van der Waals surface area contributed by atoms with Crippen molar-refractivity contribution in [1.82, 2.24) is 26.6 Å². The number of primary amides is 2. The van der Waals surface area contributed by atoms with E-state index in [0.29, 0.717) is 44.7 Å². The van der Waals surface area contributed by atoms with Gasteiger partial charge in [0.1, 0.15) is 47.2 Å². The van der Waals surface area contributed by atoms with Crippen LogP contribution in [0.4, 0.5) is 31.4 Å². The lowest BCUT2D eigenvalue weighted by molar-refractivity contribution is -0.133. The minimum Gasteiger partial charge on any atom is -0.507 e. The molecule has 0 aliphatic carbocycles. The monoisotopic (exact) mass is 1470 g/mol. The number of benzene rings is 4. The molecule has 0 saturated carbocycles. The first-order valence-corrected chi connectivity index (χ1v) is 33.8. The van der Waals surface area contributed by atoms with E-state index in [0.717, 1.165) is 18.4 Å². The van der Waals surface area contributed by atoms with Crippen LogP contribution in [0.3, 0.4) is 0 Å². The summed E-state index contributed by atoms with van der Waals surface area (Å²) in [5.41, 5.74) is 11.7. The summed E-state index contributed by atoms with van der Waals surface area (Å²) >= 11 is 0. The largest absolute Gasteiger partial charge is 0.507 e. The number of urea groups is 2. The van der Waals surface area contributed by atoms with Crippen LogP contribution < -0.4 is 54.0 Å². The number of amides is 10. The molecule has 10 amide bonds. The third kappa shape index (κ3) is 36.2. The molecule has 0 aliphatic rings. The van der Waals surface area contributed by atoms with E-state index in [1.807, 2.05) is 25.1 Å². The zero-order valence-corrected chi connectivity index (χ0v) is 61.0. The van der Waals surface area contributed by atoms with Crippen LogP contribution >= 0.6 is 0 Å². The molecule has 0 bridgehead atoms. The number of methoxy groups -OCH3 is 4. The van der Waals surface area contributed by atoms with Gasteiger partial charge in [-0.25, -0.2) is 28.8 Å². The Bertz CT molecular complexity index is 3500. The number of phenolic OH excluding ortho intramolecular Hbond substituents is 3. The maximum atomic E-state index is 13.3. The van der Waals surface area contributed by atoms with Gasteiger partial charge in [-0.3, -0.25) is 33.6 Å². The summed E-state index contributed by atoms with van der Waals surface area (Å²) in [6, 6.07) is 17.9. The van der Waals surface area contributed by atoms with Gasteiger partial charge in [0.2, 0.25) is 29.5 Å². The van der Waals surface area contributed by atoms with Gasteiger partial charge in [-0.15, -0.1) is 0 Å².